The van der Waals surface area contributed by atoms with Crippen LogP contribution in [0, 0.1) is 0 Å². The van der Waals surface area contributed by atoms with E-state index in [0.29, 0.717) is 11.1 Å². The molecule has 5 aromatic rings. The number of rotatable bonds is 7. The van der Waals surface area contributed by atoms with Gasteiger partial charge < -0.3 is 13.9 Å². The predicted molar refractivity (Wildman–Crippen MR) is 121 cm³/mol. The molecule has 5 rings (SSSR count). The van der Waals surface area contributed by atoms with Gasteiger partial charge in [0.25, 0.3) is 0 Å². The molecule has 3 heterocycles. The summed E-state index contributed by atoms with van der Waals surface area (Å²) in [6.45, 7) is -0.744. The molecule has 3 aromatic heterocycles. The monoisotopic (exact) mass is 570 g/mol. The Labute approximate surface area is 218 Å². The first-order chi connectivity index (χ1) is 18.8. The summed E-state index contributed by atoms with van der Waals surface area (Å²) in [6.07, 6.45) is -11.1. The SMILES string of the molecule is FC(F)(F)Oc1ccc(-c2ccc3nnc(C(F)(F)OCc4coc(-c5ccc(C(F)(F)F)cc5)n4)n3c2)cc1. The van der Waals surface area contributed by atoms with Gasteiger partial charge in [-0.15, -0.1) is 23.4 Å². The highest BCUT2D eigenvalue weighted by atomic mass is 19.4. The number of ether oxygens (including phenoxy) is 2. The molecule has 0 saturated carbocycles. The zero-order valence-corrected chi connectivity index (χ0v) is 19.7. The number of alkyl halides is 8. The number of hydrogen-bond donors (Lipinski definition) is 0. The van der Waals surface area contributed by atoms with Crippen LogP contribution in [0.25, 0.3) is 28.2 Å². The molecule has 2 aromatic carbocycles. The molecule has 0 saturated heterocycles. The second-order valence-corrected chi connectivity index (χ2v) is 8.27. The molecule has 0 aliphatic heterocycles. The topological polar surface area (TPSA) is 74.7 Å². The van der Waals surface area contributed by atoms with Crippen molar-refractivity contribution in [3.05, 3.63) is 90.2 Å². The van der Waals surface area contributed by atoms with E-state index in [2.05, 4.69) is 19.9 Å². The molecule has 0 aliphatic rings. The minimum absolute atomic E-state index is 0.0464. The van der Waals surface area contributed by atoms with E-state index in [1.54, 1.807) is 0 Å². The van der Waals surface area contributed by atoms with E-state index in [1.807, 2.05) is 0 Å². The fourth-order valence-corrected chi connectivity index (χ4v) is 3.65. The van der Waals surface area contributed by atoms with Crippen LogP contribution in [0.2, 0.25) is 0 Å². The van der Waals surface area contributed by atoms with Crippen molar-refractivity contribution in [2.24, 2.45) is 0 Å². The van der Waals surface area contributed by atoms with Gasteiger partial charge in [0.15, 0.2) is 5.65 Å². The fraction of sp³-hybridized carbons (Fsp3) is 0.160. The molecular weight excluding hydrogens is 556 g/mol. The van der Waals surface area contributed by atoms with Crippen LogP contribution in [0.3, 0.4) is 0 Å². The third-order valence-electron chi connectivity index (χ3n) is 5.50. The highest BCUT2D eigenvalue weighted by molar-refractivity contribution is 5.65. The molecule has 0 fully saturated rings. The van der Waals surface area contributed by atoms with Crippen molar-refractivity contribution in [3.63, 3.8) is 0 Å². The Morgan fingerprint density at radius 1 is 0.750 bits per heavy atom. The molecule has 0 N–H and O–H groups in total. The Balaban J connectivity index is 1.31. The quantitative estimate of drug-likeness (QED) is 0.192. The first kappa shape index (κ1) is 27.1. The highest BCUT2D eigenvalue weighted by Gasteiger charge is 2.39. The van der Waals surface area contributed by atoms with Gasteiger partial charge in [0.05, 0.1) is 12.2 Å². The second-order valence-electron chi connectivity index (χ2n) is 8.27. The molecule has 0 bridgehead atoms. The molecule has 15 heteroatoms. The van der Waals surface area contributed by atoms with E-state index in [-0.39, 0.29) is 22.8 Å². The average molecular weight is 570 g/mol. The molecule has 0 unspecified atom stereocenters. The normalized spacial score (nSPS) is 12.7. The fourth-order valence-electron chi connectivity index (χ4n) is 3.65. The van der Waals surface area contributed by atoms with Gasteiger partial charge in [-0.3, -0.25) is 4.40 Å². The molecule has 0 atom stereocenters. The van der Waals surface area contributed by atoms with E-state index in [0.717, 1.165) is 47.1 Å². The molecule has 0 aliphatic carbocycles. The Morgan fingerprint density at radius 3 is 2.05 bits per heavy atom. The minimum atomic E-state index is -4.86. The lowest BCUT2D eigenvalue weighted by atomic mass is 10.1. The number of oxazole rings is 1. The maximum atomic E-state index is 15.0. The van der Waals surface area contributed by atoms with Gasteiger partial charge in [0.2, 0.25) is 11.7 Å². The van der Waals surface area contributed by atoms with Crippen LogP contribution in [-0.4, -0.2) is 25.9 Å². The number of benzene rings is 2. The number of halogens is 8. The summed E-state index contributed by atoms with van der Waals surface area (Å²) in [5, 5.41) is 7.20. The number of nitrogens with zero attached hydrogens (tertiary/aromatic N) is 4. The van der Waals surface area contributed by atoms with Crippen LogP contribution in [0.15, 0.2) is 77.5 Å². The van der Waals surface area contributed by atoms with E-state index in [4.69, 9.17) is 9.15 Å². The zero-order valence-electron chi connectivity index (χ0n) is 19.7. The van der Waals surface area contributed by atoms with Crippen LogP contribution in [0.5, 0.6) is 5.75 Å². The van der Waals surface area contributed by atoms with Gasteiger partial charge in [-0.25, -0.2) is 4.98 Å². The summed E-state index contributed by atoms with van der Waals surface area (Å²) < 4.78 is 120. The summed E-state index contributed by atoms with van der Waals surface area (Å²) in [6, 6.07) is 11.6. The highest BCUT2D eigenvalue weighted by Crippen LogP contribution is 2.33. The van der Waals surface area contributed by atoms with E-state index >= 15 is 8.78 Å². The summed E-state index contributed by atoms with van der Waals surface area (Å²) >= 11 is 0. The molecule has 0 spiro atoms. The van der Waals surface area contributed by atoms with Crippen LogP contribution < -0.4 is 4.74 Å². The first-order valence-corrected chi connectivity index (χ1v) is 11.1. The maximum absolute atomic E-state index is 15.0. The average Bonchev–Trinajstić information content (AvgIpc) is 3.54. The third kappa shape index (κ3) is 5.88. The Hall–Kier alpha value is -4.53. The van der Waals surface area contributed by atoms with Gasteiger partial charge in [-0.05, 0) is 59.7 Å². The zero-order chi connectivity index (χ0) is 28.7. The molecule has 40 heavy (non-hydrogen) atoms. The Morgan fingerprint density at radius 2 is 1.40 bits per heavy atom. The molecule has 0 radical (unpaired) electrons. The maximum Gasteiger partial charge on any atom is 0.573 e. The van der Waals surface area contributed by atoms with Gasteiger partial charge in [-0.2, -0.15) is 22.0 Å². The summed E-state index contributed by atoms with van der Waals surface area (Å²) in [7, 11) is 0. The van der Waals surface area contributed by atoms with Crippen LogP contribution in [-0.2, 0) is 23.6 Å². The lowest BCUT2D eigenvalue weighted by molar-refractivity contribution is -0.274. The summed E-state index contributed by atoms with van der Waals surface area (Å²) in [5.74, 6) is -1.43. The van der Waals surface area contributed by atoms with Gasteiger partial charge in [0.1, 0.15) is 17.7 Å². The number of hydrogen-bond acceptors (Lipinski definition) is 6. The largest absolute Gasteiger partial charge is 0.573 e. The van der Waals surface area contributed by atoms with E-state index in [9.17, 15) is 26.3 Å². The van der Waals surface area contributed by atoms with Gasteiger partial charge in [0, 0.05) is 11.8 Å². The number of aromatic nitrogens is 4. The summed E-state index contributed by atoms with van der Waals surface area (Å²) in [4.78, 5) is 3.97. The predicted octanol–water partition coefficient (Wildman–Crippen LogP) is 7.23. The number of pyridine rings is 1. The van der Waals surface area contributed by atoms with Crippen LogP contribution in [0.1, 0.15) is 17.1 Å². The molecule has 208 valence electrons. The van der Waals surface area contributed by atoms with Gasteiger partial charge in [-0.1, -0.05) is 12.1 Å². The van der Waals surface area contributed by atoms with Crippen molar-refractivity contribution in [2.75, 3.05) is 0 Å². The molecule has 7 nitrogen and oxygen atoms in total. The minimum Gasteiger partial charge on any atom is -0.444 e. The lowest BCUT2D eigenvalue weighted by Gasteiger charge is -2.14. The molecule has 0 amide bonds. The lowest BCUT2D eigenvalue weighted by Crippen LogP contribution is -2.21. The Bertz CT molecular complexity index is 1630. The van der Waals surface area contributed by atoms with Gasteiger partial charge >= 0.3 is 18.6 Å². The van der Waals surface area contributed by atoms with Crippen LogP contribution in [0.4, 0.5) is 35.1 Å². The number of fused-ring (bicyclic) bond motifs is 1. The standard InChI is InChI=1S/C25H14F8N4O3/c26-23(27,28)17-6-1-15(2-7-17)21-34-18(12-38-21)13-39-24(29,30)22-36-35-20-10-5-16(11-37(20)22)14-3-8-19(9-4-14)40-25(31,32)33/h1-12H,13H2. The van der Waals surface area contributed by atoms with Crippen molar-refractivity contribution in [3.8, 4) is 28.3 Å². The van der Waals surface area contributed by atoms with Crippen molar-refractivity contribution in [2.45, 2.75) is 25.3 Å². The summed E-state index contributed by atoms with van der Waals surface area (Å²) in [5.41, 5.74) is 0.0665. The van der Waals surface area contributed by atoms with Crippen molar-refractivity contribution < 1.29 is 49.0 Å². The van der Waals surface area contributed by atoms with Crippen molar-refractivity contribution >= 4 is 5.65 Å². The second kappa shape index (κ2) is 9.89. The van der Waals surface area contributed by atoms with E-state index < -0.39 is 42.4 Å². The first-order valence-electron chi connectivity index (χ1n) is 11.1. The van der Waals surface area contributed by atoms with Crippen molar-refractivity contribution in [1.82, 2.24) is 19.6 Å². The van der Waals surface area contributed by atoms with Crippen molar-refractivity contribution in [1.29, 1.82) is 0 Å². The molecular formula is C25H14F8N4O3. The smallest absolute Gasteiger partial charge is 0.444 e. The Kier molecular flexibility index (Phi) is 6.69. The van der Waals surface area contributed by atoms with Crippen LogP contribution >= 0.6 is 0 Å². The third-order valence-corrected chi connectivity index (χ3v) is 5.50. The van der Waals surface area contributed by atoms with E-state index in [1.165, 1.54) is 30.5 Å².